The molecule has 4 nitrogen and oxygen atoms in total. The van der Waals surface area contributed by atoms with Crippen LogP contribution in [0.5, 0.6) is 0 Å². The Kier molecular flexibility index (Phi) is 5.68. The number of ether oxygens (including phenoxy) is 1. The molecule has 25 heavy (non-hydrogen) atoms. The average Bonchev–Trinajstić information content (AvgIpc) is 2.67. The van der Waals surface area contributed by atoms with Crippen LogP contribution in [-0.2, 0) is 20.2 Å². The summed E-state index contributed by atoms with van der Waals surface area (Å²) in [5.74, 6) is 0. The maximum Gasteiger partial charge on any atom is 0.233 e. The van der Waals surface area contributed by atoms with Gasteiger partial charge in [0.15, 0.2) is 0 Å². The highest BCUT2D eigenvalue weighted by atomic mass is 32.2. The molecule has 0 bridgehead atoms. The van der Waals surface area contributed by atoms with Gasteiger partial charge in [0.2, 0.25) is 10.0 Å². The van der Waals surface area contributed by atoms with Crippen molar-refractivity contribution >= 4 is 16.1 Å². The predicted octanol–water partition coefficient (Wildman–Crippen LogP) is 3.33. The summed E-state index contributed by atoms with van der Waals surface area (Å²) in [7, 11) is -3.50. The second-order valence-electron chi connectivity index (χ2n) is 6.34. The smallest absolute Gasteiger partial charge is 0.233 e. The summed E-state index contributed by atoms with van der Waals surface area (Å²) in [5.41, 5.74) is 1.80. The van der Waals surface area contributed by atoms with Crippen LogP contribution in [0, 0.1) is 0 Å². The molecule has 0 saturated carbocycles. The Morgan fingerprint density at radius 3 is 2.20 bits per heavy atom. The molecule has 1 aliphatic rings. The number of hydrogen-bond acceptors (Lipinski definition) is 3. The lowest BCUT2D eigenvalue weighted by Gasteiger charge is -2.37. The predicted molar refractivity (Wildman–Crippen MR) is 101 cm³/mol. The molecule has 1 heterocycles. The summed E-state index contributed by atoms with van der Waals surface area (Å²) in [6.45, 7) is 1.68. The minimum Gasteiger partial charge on any atom is -0.381 e. The Morgan fingerprint density at radius 2 is 1.56 bits per heavy atom. The van der Waals surface area contributed by atoms with Gasteiger partial charge >= 0.3 is 0 Å². The van der Waals surface area contributed by atoms with E-state index in [4.69, 9.17) is 4.74 Å². The van der Waals surface area contributed by atoms with Gasteiger partial charge in [0, 0.05) is 30.6 Å². The first-order chi connectivity index (χ1) is 12.1. The maximum absolute atomic E-state index is 12.4. The van der Waals surface area contributed by atoms with E-state index in [0.29, 0.717) is 19.8 Å². The minimum absolute atomic E-state index is 0.215. The zero-order valence-electron chi connectivity index (χ0n) is 14.1. The molecule has 132 valence electrons. The van der Waals surface area contributed by atoms with E-state index in [9.17, 15) is 8.42 Å². The van der Waals surface area contributed by atoms with E-state index in [1.54, 1.807) is 6.08 Å². The fourth-order valence-electron chi connectivity index (χ4n) is 3.14. The van der Waals surface area contributed by atoms with Crippen molar-refractivity contribution in [2.45, 2.75) is 18.3 Å². The van der Waals surface area contributed by atoms with Crippen molar-refractivity contribution < 1.29 is 13.2 Å². The number of sulfonamides is 1. The van der Waals surface area contributed by atoms with Gasteiger partial charge in [-0.25, -0.2) is 13.1 Å². The third-order valence-corrected chi connectivity index (χ3v) is 5.73. The monoisotopic (exact) mass is 357 g/mol. The van der Waals surface area contributed by atoms with Gasteiger partial charge in [-0.2, -0.15) is 0 Å². The van der Waals surface area contributed by atoms with Gasteiger partial charge in [-0.15, -0.1) is 0 Å². The Bertz CT molecular complexity index is 795. The quantitative estimate of drug-likeness (QED) is 0.863. The van der Waals surface area contributed by atoms with Crippen molar-refractivity contribution in [3.63, 3.8) is 0 Å². The fourth-order valence-corrected chi connectivity index (χ4v) is 4.05. The molecule has 3 rings (SSSR count). The third-order valence-electron chi connectivity index (χ3n) is 4.69. The maximum atomic E-state index is 12.4. The minimum atomic E-state index is -3.50. The Hall–Kier alpha value is -1.95. The molecule has 0 atom stereocenters. The zero-order valence-corrected chi connectivity index (χ0v) is 14.9. The van der Waals surface area contributed by atoms with Gasteiger partial charge in [-0.3, -0.25) is 0 Å². The molecule has 0 unspecified atom stereocenters. The van der Waals surface area contributed by atoms with E-state index in [1.807, 2.05) is 48.5 Å². The van der Waals surface area contributed by atoms with Crippen LogP contribution in [0.3, 0.4) is 0 Å². The van der Waals surface area contributed by atoms with Crippen molar-refractivity contribution in [3.8, 4) is 0 Å². The van der Waals surface area contributed by atoms with Crippen molar-refractivity contribution in [2.75, 3.05) is 19.8 Å². The van der Waals surface area contributed by atoms with Crippen molar-refractivity contribution in [3.05, 3.63) is 77.2 Å². The van der Waals surface area contributed by atoms with Gasteiger partial charge in [0.25, 0.3) is 0 Å². The number of rotatable bonds is 6. The van der Waals surface area contributed by atoms with Gasteiger partial charge in [-0.05, 0) is 30.0 Å². The largest absolute Gasteiger partial charge is 0.381 e. The third kappa shape index (κ3) is 4.78. The highest BCUT2D eigenvalue weighted by molar-refractivity contribution is 7.92. The Morgan fingerprint density at radius 1 is 0.960 bits per heavy atom. The van der Waals surface area contributed by atoms with Crippen LogP contribution in [0.4, 0.5) is 0 Å². The molecule has 2 aromatic rings. The van der Waals surface area contributed by atoms with E-state index in [1.165, 1.54) is 5.41 Å². The lowest BCUT2D eigenvalue weighted by molar-refractivity contribution is 0.0517. The van der Waals surface area contributed by atoms with Gasteiger partial charge in [0.1, 0.15) is 0 Å². The number of hydrogen-bond donors (Lipinski definition) is 1. The van der Waals surface area contributed by atoms with Crippen LogP contribution >= 0.6 is 0 Å². The molecule has 0 radical (unpaired) electrons. The van der Waals surface area contributed by atoms with E-state index in [2.05, 4.69) is 16.9 Å². The van der Waals surface area contributed by atoms with Crippen LogP contribution in [0.25, 0.3) is 6.08 Å². The number of nitrogens with one attached hydrogen (secondary N) is 1. The topological polar surface area (TPSA) is 55.4 Å². The molecule has 0 aromatic heterocycles. The Balaban J connectivity index is 1.73. The van der Waals surface area contributed by atoms with E-state index < -0.39 is 10.0 Å². The fraction of sp³-hybridized carbons (Fsp3) is 0.300. The van der Waals surface area contributed by atoms with Crippen LogP contribution in [0.15, 0.2) is 66.1 Å². The van der Waals surface area contributed by atoms with Crippen molar-refractivity contribution in [2.24, 2.45) is 0 Å². The molecular weight excluding hydrogens is 334 g/mol. The SMILES string of the molecule is O=S(=O)(/C=C/c1ccccc1)NCC1(c2ccccc2)CCOCC1. The molecule has 0 aliphatic carbocycles. The first kappa shape index (κ1) is 17.9. The zero-order chi connectivity index (χ0) is 17.6. The lowest BCUT2D eigenvalue weighted by Crippen LogP contribution is -2.44. The van der Waals surface area contributed by atoms with Gasteiger partial charge in [-0.1, -0.05) is 60.7 Å². The molecular formula is C20H23NO3S. The van der Waals surface area contributed by atoms with Crippen LogP contribution in [0.1, 0.15) is 24.0 Å². The highest BCUT2D eigenvalue weighted by Crippen LogP contribution is 2.34. The van der Waals surface area contributed by atoms with Gasteiger partial charge < -0.3 is 4.74 Å². The molecule has 5 heteroatoms. The average molecular weight is 357 g/mol. The molecule has 0 spiro atoms. The molecule has 1 aliphatic heterocycles. The molecule has 2 aromatic carbocycles. The number of benzene rings is 2. The normalized spacial score (nSPS) is 17.6. The van der Waals surface area contributed by atoms with Crippen molar-refractivity contribution in [1.82, 2.24) is 4.72 Å². The summed E-state index contributed by atoms with van der Waals surface area (Å²) in [4.78, 5) is 0. The summed E-state index contributed by atoms with van der Waals surface area (Å²) in [6, 6.07) is 19.5. The first-order valence-corrected chi connectivity index (χ1v) is 10.0. The van der Waals surface area contributed by atoms with E-state index in [0.717, 1.165) is 24.0 Å². The molecule has 1 N–H and O–H groups in total. The summed E-state index contributed by atoms with van der Waals surface area (Å²) in [5, 5.41) is 1.24. The molecule has 0 amide bonds. The lowest BCUT2D eigenvalue weighted by atomic mass is 9.74. The second kappa shape index (κ2) is 7.95. The van der Waals surface area contributed by atoms with Crippen molar-refractivity contribution in [1.29, 1.82) is 0 Å². The van der Waals surface area contributed by atoms with Crippen LogP contribution in [-0.4, -0.2) is 28.2 Å². The van der Waals surface area contributed by atoms with E-state index in [-0.39, 0.29) is 5.41 Å². The van der Waals surface area contributed by atoms with Crippen LogP contribution in [0.2, 0.25) is 0 Å². The summed E-state index contributed by atoms with van der Waals surface area (Å²) in [6.07, 6.45) is 3.23. The van der Waals surface area contributed by atoms with Gasteiger partial charge in [0.05, 0.1) is 0 Å². The molecule has 1 fully saturated rings. The summed E-state index contributed by atoms with van der Waals surface area (Å²) < 4.78 is 33.0. The van der Waals surface area contributed by atoms with E-state index >= 15 is 0 Å². The van der Waals surface area contributed by atoms with Crippen LogP contribution < -0.4 is 4.72 Å². The Labute approximate surface area is 149 Å². The standard InChI is InChI=1S/C20H23NO3S/c22-25(23,16-11-18-7-3-1-4-8-18)21-17-20(12-14-24-15-13-20)19-9-5-2-6-10-19/h1-11,16,21H,12-15,17H2/b16-11+. The second-order valence-corrected chi connectivity index (χ2v) is 7.99. The first-order valence-electron chi connectivity index (χ1n) is 8.46. The summed E-state index contributed by atoms with van der Waals surface area (Å²) >= 11 is 0. The highest BCUT2D eigenvalue weighted by Gasteiger charge is 2.35. The molecule has 1 saturated heterocycles.